The molecule has 116 valence electrons. The Morgan fingerprint density at radius 3 is 2.57 bits per heavy atom. The summed E-state index contributed by atoms with van der Waals surface area (Å²) >= 11 is 0. The number of benzene rings is 1. The summed E-state index contributed by atoms with van der Waals surface area (Å²) in [5, 5.41) is 6.31. The van der Waals surface area contributed by atoms with E-state index in [1.807, 2.05) is 12.1 Å². The zero-order valence-electron chi connectivity index (χ0n) is 13.5. The summed E-state index contributed by atoms with van der Waals surface area (Å²) < 4.78 is 0. The second-order valence-electron chi connectivity index (χ2n) is 6.98. The first-order valence-electron chi connectivity index (χ1n) is 8.04. The van der Waals surface area contributed by atoms with Gasteiger partial charge in [0.05, 0.1) is 6.42 Å². The van der Waals surface area contributed by atoms with Crippen LogP contribution in [0.25, 0.3) is 0 Å². The lowest BCUT2D eigenvalue weighted by Crippen LogP contribution is -2.20. The molecule has 0 saturated heterocycles. The van der Waals surface area contributed by atoms with Crippen LogP contribution in [0.2, 0.25) is 0 Å². The maximum Gasteiger partial charge on any atom is 0.224 e. The Morgan fingerprint density at radius 1 is 1.19 bits per heavy atom. The Labute approximate surface area is 128 Å². The molecule has 2 N–H and O–H groups in total. The van der Waals surface area contributed by atoms with Crippen molar-refractivity contribution in [1.82, 2.24) is 5.32 Å². The lowest BCUT2D eigenvalue weighted by molar-refractivity contribution is -0.119. The summed E-state index contributed by atoms with van der Waals surface area (Å²) in [7, 11) is 1.67. The highest BCUT2D eigenvalue weighted by molar-refractivity contribution is 5.78. The maximum atomic E-state index is 11.4. The molecule has 0 aliphatic heterocycles. The Balaban J connectivity index is 1.89. The number of rotatable bonds is 4. The lowest BCUT2D eigenvalue weighted by Gasteiger charge is -2.22. The second-order valence-corrected chi connectivity index (χ2v) is 6.98. The first kappa shape index (κ1) is 15.9. The highest BCUT2D eigenvalue weighted by Gasteiger charge is 2.24. The summed E-state index contributed by atoms with van der Waals surface area (Å²) in [6, 6.07) is 8.84. The molecule has 3 heteroatoms. The normalized spacial score (nSPS) is 21.4. The molecule has 21 heavy (non-hydrogen) atoms. The van der Waals surface area contributed by atoms with E-state index in [-0.39, 0.29) is 5.91 Å². The van der Waals surface area contributed by atoms with Gasteiger partial charge in [-0.1, -0.05) is 32.4 Å². The SMILES string of the molecule is CNC(=O)Cc1ccc(NC2CCCC(C)(C)CC2)cc1. The van der Waals surface area contributed by atoms with Crippen molar-refractivity contribution in [3.05, 3.63) is 29.8 Å². The number of carbonyl (C=O) groups excluding carboxylic acids is 1. The van der Waals surface area contributed by atoms with Crippen molar-refractivity contribution < 1.29 is 4.79 Å². The van der Waals surface area contributed by atoms with Crippen molar-refractivity contribution in [3.8, 4) is 0 Å². The molecule has 0 aromatic heterocycles. The fourth-order valence-corrected chi connectivity index (χ4v) is 3.03. The number of anilines is 1. The van der Waals surface area contributed by atoms with Gasteiger partial charge in [0, 0.05) is 18.8 Å². The molecular weight excluding hydrogens is 260 g/mol. The van der Waals surface area contributed by atoms with Crippen molar-refractivity contribution in [1.29, 1.82) is 0 Å². The molecule has 1 fully saturated rings. The molecule has 0 spiro atoms. The van der Waals surface area contributed by atoms with E-state index in [1.54, 1.807) is 7.05 Å². The molecule has 1 aromatic rings. The standard InChI is InChI=1S/C18H28N2O/c1-18(2)11-4-5-15(10-12-18)20-16-8-6-14(7-9-16)13-17(21)19-3/h6-9,15,20H,4-5,10-13H2,1-3H3,(H,19,21). The summed E-state index contributed by atoms with van der Waals surface area (Å²) in [6.07, 6.45) is 6.87. The third kappa shape index (κ3) is 5.07. The smallest absolute Gasteiger partial charge is 0.224 e. The van der Waals surface area contributed by atoms with Gasteiger partial charge in [-0.2, -0.15) is 0 Å². The predicted octanol–water partition coefficient (Wildman–Crippen LogP) is 3.75. The number of hydrogen-bond acceptors (Lipinski definition) is 2. The van der Waals surface area contributed by atoms with Gasteiger partial charge in [-0.15, -0.1) is 0 Å². The van der Waals surface area contributed by atoms with E-state index in [4.69, 9.17) is 0 Å². The van der Waals surface area contributed by atoms with Gasteiger partial charge in [0.15, 0.2) is 0 Å². The van der Waals surface area contributed by atoms with Gasteiger partial charge in [0.25, 0.3) is 0 Å². The highest BCUT2D eigenvalue weighted by Crippen LogP contribution is 2.34. The van der Waals surface area contributed by atoms with Crippen LogP contribution < -0.4 is 10.6 Å². The molecular formula is C18H28N2O. The molecule has 0 bridgehead atoms. The van der Waals surface area contributed by atoms with Crippen molar-refractivity contribution in [2.75, 3.05) is 12.4 Å². The van der Waals surface area contributed by atoms with Gasteiger partial charge in [-0.25, -0.2) is 0 Å². The van der Waals surface area contributed by atoms with Gasteiger partial charge in [-0.05, 0) is 48.8 Å². The van der Waals surface area contributed by atoms with E-state index in [0.717, 1.165) is 5.56 Å². The van der Waals surface area contributed by atoms with Crippen LogP contribution in [-0.2, 0) is 11.2 Å². The molecule has 3 nitrogen and oxygen atoms in total. The van der Waals surface area contributed by atoms with Crippen LogP contribution in [0.4, 0.5) is 5.69 Å². The van der Waals surface area contributed by atoms with E-state index in [1.165, 1.54) is 37.8 Å². The zero-order chi connectivity index (χ0) is 15.3. The minimum atomic E-state index is 0.0571. The molecule has 1 amide bonds. The quantitative estimate of drug-likeness (QED) is 0.829. The molecule has 0 heterocycles. The maximum absolute atomic E-state index is 11.4. The number of carbonyl (C=O) groups is 1. The molecule has 1 unspecified atom stereocenters. The average molecular weight is 288 g/mol. The zero-order valence-corrected chi connectivity index (χ0v) is 13.5. The summed E-state index contributed by atoms with van der Waals surface area (Å²) in [6.45, 7) is 4.76. The van der Waals surface area contributed by atoms with Crippen LogP contribution in [0.1, 0.15) is 51.5 Å². The van der Waals surface area contributed by atoms with Crippen LogP contribution in [0.3, 0.4) is 0 Å². The van der Waals surface area contributed by atoms with Gasteiger partial charge < -0.3 is 10.6 Å². The number of amides is 1. The molecule has 2 rings (SSSR count). The Bertz CT molecular complexity index is 465. The Kier molecular flexibility index (Phi) is 5.27. The van der Waals surface area contributed by atoms with Gasteiger partial charge in [-0.3, -0.25) is 4.79 Å². The fourth-order valence-electron chi connectivity index (χ4n) is 3.03. The Morgan fingerprint density at radius 2 is 1.90 bits per heavy atom. The number of likely N-dealkylation sites (N-methyl/N-ethyl adjacent to an activating group) is 1. The van der Waals surface area contributed by atoms with Crippen LogP contribution >= 0.6 is 0 Å². The molecule has 0 radical (unpaired) electrons. The average Bonchev–Trinajstić information content (AvgIpc) is 2.62. The fraction of sp³-hybridized carbons (Fsp3) is 0.611. The minimum Gasteiger partial charge on any atom is -0.382 e. The largest absolute Gasteiger partial charge is 0.382 e. The number of nitrogens with one attached hydrogen (secondary N) is 2. The van der Waals surface area contributed by atoms with E-state index in [0.29, 0.717) is 17.9 Å². The first-order valence-corrected chi connectivity index (χ1v) is 8.04. The van der Waals surface area contributed by atoms with E-state index in [2.05, 4.69) is 36.6 Å². The molecule has 1 aromatic carbocycles. The van der Waals surface area contributed by atoms with Crippen molar-refractivity contribution >= 4 is 11.6 Å². The van der Waals surface area contributed by atoms with Crippen LogP contribution in [-0.4, -0.2) is 19.0 Å². The lowest BCUT2D eigenvalue weighted by atomic mass is 9.85. The van der Waals surface area contributed by atoms with E-state index in [9.17, 15) is 4.79 Å². The topological polar surface area (TPSA) is 41.1 Å². The minimum absolute atomic E-state index is 0.0571. The molecule has 1 saturated carbocycles. The van der Waals surface area contributed by atoms with E-state index < -0.39 is 0 Å². The van der Waals surface area contributed by atoms with E-state index >= 15 is 0 Å². The summed E-state index contributed by atoms with van der Waals surface area (Å²) in [5.74, 6) is 0.0571. The van der Waals surface area contributed by atoms with Crippen LogP contribution in [0, 0.1) is 5.41 Å². The second kappa shape index (κ2) is 6.97. The van der Waals surface area contributed by atoms with Crippen LogP contribution in [0.5, 0.6) is 0 Å². The molecule has 1 atom stereocenters. The Hall–Kier alpha value is -1.51. The summed E-state index contributed by atoms with van der Waals surface area (Å²) in [5.41, 5.74) is 2.72. The molecule has 1 aliphatic carbocycles. The van der Waals surface area contributed by atoms with Crippen LogP contribution in [0.15, 0.2) is 24.3 Å². The third-order valence-electron chi connectivity index (χ3n) is 4.54. The van der Waals surface area contributed by atoms with Crippen molar-refractivity contribution in [3.63, 3.8) is 0 Å². The van der Waals surface area contributed by atoms with Crippen molar-refractivity contribution in [2.45, 2.75) is 58.4 Å². The molecule has 1 aliphatic rings. The van der Waals surface area contributed by atoms with Gasteiger partial charge >= 0.3 is 0 Å². The third-order valence-corrected chi connectivity index (χ3v) is 4.54. The predicted molar refractivity (Wildman–Crippen MR) is 88.5 cm³/mol. The first-order chi connectivity index (χ1) is 9.98. The monoisotopic (exact) mass is 288 g/mol. The van der Waals surface area contributed by atoms with Gasteiger partial charge in [0.1, 0.15) is 0 Å². The van der Waals surface area contributed by atoms with Crippen molar-refractivity contribution in [2.24, 2.45) is 5.41 Å². The summed E-state index contributed by atoms with van der Waals surface area (Å²) in [4.78, 5) is 11.4. The van der Waals surface area contributed by atoms with Gasteiger partial charge in [0.2, 0.25) is 5.91 Å². The number of hydrogen-bond donors (Lipinski definition) is 2. The highest BCUT2D eigenvalue weighted by atomic mass is 16.1.